The van der Waals surface area contributed by atoms with Crippen molar-refractivity contribution in [1.29, 1.82) is 0 Å². The SMILES string of the molecule is C[C@H]1[C@H]([Si](C)(C)F)[C@@H](CC(=O)N2CCC[C@H]2CO)O[C@]12C(=O)N(Cc1ccc(N3CCCCCCC3=O)cc1)c1ccccc12. The van der Waals surface area contributed by atoms with Crippen molar-refractivity contribution in [2.75, 3.05) is 29.5 Å². The van der Waals surface area contributed by atoms with Gasteiger partial charge in [-0.05, 0) is 62.5 Å². The van der Waals surface area contributed by atoms with Gasteiger partial charge in [0.05, 0.1) is 37.4 Å². The largest absolute Gasteiger partial charge is 0.394 e. The van der Waals surface area contributed by atoms with Crippen molar-refractivity contribution in [3.05, 3.63) is 59.7 Å². The van der Waals surface area contributed by atoms with Crippen LogP contribution in [0.1, 0.15) is 69.4 Å². The van der Waals surface area contributed by atoms with Crippen molar-refractivity contribution < 1.29 is 28.3 Å². The number of hydrogen-bond acceptors (Lipinski definition) is 5. The molecule has 3 fully saturated rings. The second-order valence-corrected chi connectivity index (χ2v) is 17.6. The zero-order chi connectivity index (χ0) is 31.9. The zero-order valence-electron chi connectivity index (χ0n) is 26.7. The molecule has 242 valence electrons. The van der Waals surface area contributed by atoms with Crippen LogP contribution in [0.25, 0.3) is 0 Å². The van der Waals surface area contributed by atoms with E-state index in [9.17, 15) is 19.5 Å². The van der Waals surface area contributed by atoms with E-state index in [-0.39, 0.29) is 36.8 Å². The van der Waals surface area contributed by atoms with Crippen molar-refractivity contribution in [1.82, 2.24) is 4.90 Å². The Morgan fingerprint density at radius 1 is 1.02 bits per heavy atom. The van der Waals surface area contributed by atoms with Crippen LogP contribution in [0, 0.1) is 5.92 Å². The number of fused-ring (bicyclic) bond motifs is 2. The molecule has 3 amide bonds. The molecule has 0 saturated carbocycles. The summed E-state index contributed by atoms with van der Waals surface area (Å²) in [6.07, 6.45) is 5.50. The maximum atomic E-state index is 16.2. The van der Waals surface area contributed by atoms with E-state index in [1.807, 2.05) is 60.4 Å². The summed E-state index contributed by atoms with van der Waals surface area (Å²) in [5.41, 5.74) is 1.29. The lowest BCUT2D eigenvalue weighted by Crippen LogP contribution is -2.45. The summed E-state index contributed by atoms with van der Waals surface area (Å²) in [4.78, 5) is 46.2. The third-order valence-electron chi connectivity index (χ3n) is 10.6. The minimum Gasteiger partial charge on any atom is -0.394 e. The molecule has 0 bridgehead atoms. The number of likely N-dealkylation sites (tertiary alicyclic amines) is 1. The van der Waals surface area contributed by atoms with Crippen LogP contribution in [-0.2, 0) is 31.3 Å². The minimum absolute atomic E-state index is 0.0142. The Morgan fingerprint density at radius 2 is 1.76 bits per heavy atom. The Kier molecular flexibility index (Phi) is 8.93. The number of aliphatic hydroxyl groups is 1. The quantitative estimate of drug-likeness (QED) is 0.313. The highest BCUT2D eigenvalue weighted by molar-refractivity contribution is 6.72. The highest BCUT2D eigenvalue weighted by Crippen LogP contribution is 2.60. The normalized spacial score (nSPS) is 29.0. The highest BCUT2D eigenvalue weighted by atomic mass is 28.4. The number of hydrogen-bond donors (Lipinski definition) is 1. The second-order valence-electron chi connectivity index (χ2n) is 13.8. The standard InChI is InChI=1S/C35H46FN3O5Si/c1-24-33(45(2,3)36)30(21-32(42)38-20-10-11-27(38)23-40)44-35(24)28-12-7-8-13-29(28)39(34(35)43)22-25-15-17-26(18-16-25)37-19-9-5-4-6-14-31(37)41/h7-8,12-13,15-18,24,27,30,33,40H,4-6,9-11,14,19-23H2,1-3H3/t24-,27-,30+,33-,35+/m0/s1. The van der Waals surface area contributed by atoms with Gasteiger partial charge in [0, 0.05) is 42.2 Å². The van der Waals surface area contributed by atoms with Crippen molar-refractivity contribution in [3.8, 4) is 0 Å². The maximum Gasteiger partial charge on any atom is 0.264 e. The van der Waals surface area contributed by atoms with Gasteiger partial charge in [-0.2, -0.15) is 0 Å². The maximum absolute atomic E-state index is 16.2. The number of carbonyl (C=O) groups is 3. The summed E-state index contributed by atoms with van der Waals surface area (Å²) >= 11 is 0. The van der Waals surface area contributed by atoms with E-state index in [0.29, 0.717) is 26.1 Å². The molecule has 0 unspecified atom stereocenters. The minimum atomic E-state index is -3.41. The molecule has 2 aromatic rings. The Bertz CT molecular complexity index is 1430. The van der Waals surface area contributed by atoms with Gasteiger partial charge in [0.1, 0.15) is 0 Å². The van der Waals surface area contributed by atoms with E-state index in [2.05, 4.69) is 0 Å². The number of para-hydroxylation sites is 1. The van der Waals surface area contributed by atoms with Crippen molar-refractivity contribution in [2.24, 2.45) is 5.92 Å². The first kappa shape index (κ1) is 31.9. The number of amides is 3. The van der Waals surface area contributed by atoms with Gasteiger partial charge < -0.3 is 28.7 Å². The van der Waals surface area contributed by atoms with E-state index < -0.39 is 31.6 Å². The molecule has 45 heavy (non-hydrogen) atoms. The third kappa shape index (κ3) is 5.74. The van der Waals surface area contributed by atoms with Gasteiger partial charge in [-0.15, -0.1) is 0 Å². The second kappa shape index (κ2) is 12.6. The average Bonchev–Trinajstić information content (AvgIpc) is 3.66. The number of halogens is 1. The molecule has 5 atom stereocenters. The van der Waals surface area contributed by atoms with Gasteiger partial charge >= 0.3 is 0 Å². The molecule has 4 aliphatic rings. The van der Waals surface area contributed by atoms with Crippen molar-refractivity contribution >= 4 is 37.5 Å². The number of benzene rings is 2. The number of carbonyl (C=O) groups excluding carboxylic acids is 3. The fraction of sp³-hybridized carbons (Fsp3) is 0.571. The van der Waals surface area contributed by atoms with Gasteiger partial charge in [-0.1, -0.05) is 50.1 Å². The summed E-state index contributed by atoms with van der Waals surface area (Å²) in [6.45, 7) is 6.68. The number of aliphatic hydroxyl groups excluding tert-OH is 1. The molecule has 6 rings (SSSR count). The average molecular weight is 636 g/mol. The third-order valence-corrected chi connectivity index (χ3v) is 13.0. The van der Waals surface area contributed by atoms with E-state index >= 15 is 4.11 Å². The molecular formula is C35H46FN3O5Si. The first-order chi connectivity index (χ1) is 21.6. The molecule has 10 heteroatoms. The van der Waals surface area contributed by atoms with Crippen LogP contribution in [-0.4, -0.2) is 68.0 Å². The summed E-state index contributed by atoms with van der Waals surface area (Å²) in [5.74, 6) is -0.711. The molecule has 3 saturated heterocycles. The number of ether oxygens (including phenoxy) is 1. The van der Waals surface area contributed by atoms with Crippen LogP contribution in [0.3, 0.4) is 0 Å². The fourth-order valence-electron chi connectivity index (χ4n) is 8.40. The lowest BCUT2D eigenvalue weighted by atomic mass is 9.82. The summed E-state index contributed by atoms with van der Waals surface area (Å²) < 4.78 is 22.9. The smallest absolute Gasteiger partial charge is 0.264 e. The van der Waals surface area contributed by atoms with Crippen molar-refractivity contribution in [3.63, 3.8) is 0 Å². The van der Waals surface area contributed by atoms with E-state index in [1.54, 1.807) is 22.9 Å². The van der Waals surface area contributed by atoms with Crippen LogP contribution in [0.4, 0.5) is 15.5 Å². The lowest BCUT2D eigenvalue weighted by Gasteiger charge is -2.31. The predicted molar refractivity (Wildman–Crippen MR) is 174 cm³/mol. The number of anilines is 2. The Hall–Kier alpha value is -3.08. The predicted octanol–water partition coefficient (Wildman–Crippen LogP) is 5.68. The zero-order valence-corrected chi connectivity index (χ0v) is 27.7. The van der Waals surface area contributed by atoms with Crippen LogP contribution < -0.4 is 9.80 Å². The van der Waals surface area contributed by atoms with Crippen LogP contribution in [0.15, 0.2) is 48.5 Å². The van der Waals surface area contributed by atoms with Gasteiger partial charge in [-0.25, -0.2) is 0 Å². The van der Waals surface area contributed by atoms with E-state index in [1.165, 1.54) is 0 Å². The van der Waals surface area contributed by atoms with Crippen LogP contribution in [0.5, 0.6) is 0 Å². The molecule has 4 heterocycles. The molecule has 1 N–H and O–H groups in total. The van der Waals surface area contributed by atoms with E-state index in [0.717, 1.165) is 61.0 Å². The molecule has 8 nitrogen and oxygen atoms in total. The molecule has 4 aliphatic heterocycles. The molecule has 1 spiro atoms. The van der Waals surface area contributed by atoms with Crippen LogP contribution >= 0.6 is 0 Å². The molecule has 0 aliphatic carbocycles. The van der Waals surface area contributed by atoms with Gasteiger partial charge in [-0.3, -0.25) is 14.4 Å². The Morgan fingerprint density at radius 3 is 2.49 bits per heavy atom. The Balaban J connectivity index is 1.27. The highest BCUT2D eigenvalue weighted by Gasteiger charge is 2.67. The topological polar surface area (TPSA) is 90.4 Å². The van der Waals surface area contributed by atoms with Crippen LogP contribution in [0.2, 0.25) is 18.6 Å². The monoisotopic (exact) mass is 635 g/mol. The molecule has 0 aromatic heterocycles. The summed E-state index contributed by atoms with van der Waals surface area (Å²) in [5, 5.41) is 9.80. The first-order valence-corrected chi connectivity index (χ1v) is 19.6. The molecular weight excluding hydrogens is 589 g/mol. The molecule has 2 aromatic carbocycles. The van der Waals surface area contributed by atoms with E-state index in [4.69, 9.17) is 4.74 Å². The van der Waals surface area contributed by atoms with Gasteiger partial charge in [0.2, 0.25) is 20.2 Å². The first-order valence-electron chi connectivity index (χ1n) is 16.6. The fourth-order valence-corrected chi connectivity index (χ4v) is 10.9. The number of rotatable bonds is 7. The number of nitrogens with zero attached hydrogens (tertiary/aromatic N) is 3. The van der Waals surface area contributed by atoms with Crippen molar-refractivity contribution in [2.45, 2.75) is 101 Å². The van der Waals surface area contributed by atoms with Gasteiger partial charge in [0.25, 0.3) is 5.91 Å². The lowest BCUT2D eigenvalue weighted by molar-refractivity contribution is -0.150. The van der Waals surface area contributed by atoms with Gasteiger partial charge in [0.15, 0.2) is 5.60 Å². The molecule has 0 radical (unpaired) electrons. The summed E-state index contributed by atoms with van der Waals surface area (Å²) in [7, 11) is -3.41. The Labute approximate surface area is 266 Å². The summed E-state index contributed by atoms with van der Waals surface area (Å²) in [6, 6.07) is 15.2.